The molecule has 2 fully saturated rings. The summed E-state index contributed by atoms with van der Waals surface area (Å²) in [5.74, 6) is -1.40. The van der Waals surface area contributed by atoms with Crippen LogP contribution >= 0.6 is 0 Å². The van der Waals surface area contributed by atoms with Gasteiger partial charge in [-0.2, -0.15) is 0 Å². The third-order valence-corrected chi connectivity index (χ3v) is 10.1. The Hall–Kier alpha value is -4.45. The van der Waals surface area contributed by atoms with Gasteiger partial charge in [-0.25, -0.2) is 14.0 Å². The summed E-state index contributed by atoms with van der Waals surface area (Å²) < 4.78 is 31.9. The molecule has 1 saturated heterocycles. The second-order valence-corrected chi connectivity index (χ2v) is 14.8. The molecule has 0 spiro atoms. The lowest BCUT2D eigenvalue weighted by Gasteiger charge is -2.36. The van der Waals surface area contributed by atoms with Crippen molar-refractivity contribution < 1.29 is 37.8 Å². The molecule has 3 atom stereocenters. The van der Waals surface area contributed by atoms with Crippen molar-refractivity contribution in [2.24, 2.45) is 18.9 Å². The number of rotatable bonds is 13. The van der Waals surface area contributed by atoms with Gasteiger partial charge in [0.05, 0.1) is 12.6 Å². The molecule has 2 heterocycles. The minimum absolute atomic E-state index is 0.0724. The van der Waals surface area contributed by atoms with Crippen molar-refractivity contribution in [1.29, 1.82) is 0 Å². The monoisotopic (exact) mass is 720 g/mol. The SMILES string of the molecule is CCOCCCOC(=O)c1cc2cc(NC(=O)[C@@H]3[C@H](c4ccccc4)CCN3C(=O)[C@H]3CC[C@H]([C@@H](CF)NC(=O)OC(C)(C)C)CC3)ccc2n1C. The maximum atomic E-state index is 14.2. The lowest BCUT2D eigenvalue weighted by Crippen LogP contribution is -2.49. The molecule has 2 N–H and O–H groups in total. The highest BCUT2D eigenvalue weighted by Gasteiger charge is 2.45. The number of benzene rings is 2. The maximum absolute atomic E-state index is 14.2. The van der Waals surface area contributed by atoms with Crippen LogP contribution in [0.2, 0.25) is 0 Å². The van der Waals surface area contributed by atoms with Crippen molar-refractivity contribution in [2.45, 2.75) is 89.8 Å². The zero-order chi connectivity index (χ0) is 37.4. The fraction of sp³-hybridized carbons (Fsp3) is 0.550. The van der Waals surface area contributed by atoms with E-state index < -0.39 is 36.4 Å². The van der Waals surface area contributed by atoms with Gasteiger partial charge in [0.15, 0.2) is 0 Å². The number of hydrogen-bond donors (Lipinski definition) is 2. The second-order valence-electron chi connectivity index (χ2n) is 14.8. The Kier molecular flexibility index (Phi) is 13.0. The average molecular weight is 721 g/mol. The molecule has 3 aromatic rings. The number of fused-ring (bicyclic) bond motifs is 1. The van der Waals surface area contributed by atoms with E-state index in [1.165, 1.54) is 0 Å². The molecule has 1 aromatic heterocycles. The predicted molar refractivity (Wildman–Crippen MR) is 197 cm³/mol. The first kappa shape index (κ1) is 38.8. The van der Waals surface area contributed by atoms with E-state index in [1.807, 2.05) is 49.4 Å². The number of aryl methyl sites for hydroxylation is 1. The van der Waals surface area contributed by atoms with Crippen LogP contribution in [-0.4, -0.2) is 84.1 Å². The van der Waals surface area contributed by atoms with Crippen molar-refractivity contribution >= 4 is 40.5 Å². The Morgan fingerprint density at radius 1 is 0.962 bits per heavy atom. The molecule has 0 radical (unpaired) electrons. The molecule has 3 amide bonds. The second kappa shape index (κ2) is 17.4. The van der Waals surface area contributed by atoms with Crippen LogP contribution in [-0.2, 0) is 30.8 Å². The normalized spacial score (nSPS) is 21.1. The van der Waals surface area contributed by atoms with Gasteiger partial charge in [-0.3, -0.25) is 9.59 Å². The van der Waals surface area contributed by atoms with Crippen LogP contribution in [0.1, 0.15) is 88.2 Å². The lowest BCUT2D eigenvalue weighted by atomic mass is 9.78. The summed E-state index contributed by atoms with van der Waals surface area (Å²) in [6, 6.07) is 15.6. The number of ether oxygens (including phenoxy) is 3. The van der Waals surface area contributed by atoms with Gasteiger partial charge in [0.1, 0.15) is 24.0 Å². The molecule has 0 bridgehead atoms. The van der Waals surface area contributed by atoms with Crippen LogP contribution in [0.15, 0.2) is 54.6 Å². The van der Waals surface area contributed by atoms with Gasteiger partial charge in [0.2, 0.25) is 11.8 Å². The van der Waals surface area contributed by atoms with Crippen molar-refractivity contribution in [2.75, 3.05) is 38.4 Å². The molecule has 52 heavy (non-hydrogen) atoms. The van der Waals surface area contributed by atoms with Crippen LogP contribution in [0.25, 0.3) is 10.9 Å². The number of nitrogens with one attached hydrogen (secondary N) is 2. The van der Waals surface area contributed by atoms with E-state index in [-0.39, 0.29) is 36.2 Å². The molecule has 11 nitrogen and oxygen atoms in total. The first-order chi connectivity index (χ1) is 24.9. The molecular formula is C40H53FN4O7. The molecule has 1 saturated carbocycles. The summed E-state index contributed by atoms with van der Waals surface area (Å²) in [6.07, 6.45) is 2.84. The third-order valence-electron chi connectivity index (χ3n) is 10.1. The van der Waals surface area contributed by atoms with Gasteiger partial charge in [-0.05, 0) is 95.5 Å². The number of carbonyl (C=O) groups excluding carboxylic acids is 4. The molecule has 282 valence electrons. The van der Waals surface area contributed by atoms with Gasteiger partial charge in [0.25, 0.3) is 0 Å². The fourth-order valence-corrected chi connectivity index (χ4v) is 7.54. The number of anilines is 1. The number of esters is 1. The smallest absolute Gasteiger partial charge is 0.407 e. The van der Waals surface area contributed by atoms with E-state index >= 15 is 0 Å². The van der Waals surface area contributed by atoms with E-state index in [9.17, 15) is 23.6 Å². The minimum Gasteiger partial charge on any atom is -0.461 e. The van der Waals surface area contributed by atoms with Crippen molar-refractivity contribution in [3.05, 3.63) is 65.9 Å². The molecule has 5 rings (SSSR count). The zero-order valence-corrected chi connectivity index (χ0v) is 31.0. The van der Waals surface area contributed by atoms with E-state index in [1.54, 1.807) is 49.4 Å². The van der Waals surface area contributed by atoms with Gasteiger partial charge in [0, 0.05) is 61.7 Å². The van der Waals surface area contributed by atoms with Crippen LogP contribution < -0.4 is 10.6 Å². The summed E-state index contributed by atoms with van der Waals surface area (Å²) in [5.41, 5.74) is 2.07. The van der Waals surface area contributed by atoms with Crippen LogP contribution in [0.3, 0.4) is 0 Å². The number of aromatic nitrogens is 1. The number of hydrogen-bond acceptors (Lipinski definition) is 7. The Morgan fingerprint density at radius 2 is 1.69 bits per heavy atom. The molecular weight excluding hydrogens is 667 g/mol. The number of halogens is 1. The quantitative estimate of drug-likeness (QED) is 0.148. The highest BCUT2D eigenvalue weighted by atomic mass is 19.1. The van der Waals surface area contributed by atoms with E-state index in [0.29, 0.717) is 69.7 Å². The number of likely N-dealkylation sites (tertiary alicyclic amines) is 1. The minimum atomic E-state index is -0.728. The van der Waals surface area contributed by atoms with Crippen molar-refractivity contribution in [3.63, 3.8) is 0 Å². The number of nitrogens with zero attached hydrogens (tertiary/aromatic N) is 2. The summed E-state index contributed by atoms with van der Waals surface area (Å²) in [5, 5.41) is 6.53. The van der Waals surface area contributed by atoms with Crippen molar-refractivity contribution in [3.8, 4) is 0 Å². The number of carbonyl (C=O) groups is 4. The van der Waals surface area contributed by atoms with Crippen LogP contribution in [0, 0.1) is 11.8 Å². The molecule has 2 aromatic carbocycles. The maximum Gasteiger partial charge on any atom is 0.407 e. The number of amides is 3. The van der Waals surface area contributed by atoms with Gasteiger partial charge < -0.3 is 34.3 Å². The van der Waals surface area contributed by atoms with Gasteiger partial charge >= 0.3 is 12.1 Å². The van der Waals surface area contributed by atoms with Crippen LogP contribution in [0.4, 0.5) is 14.9 Å². The standard InChI is InChI=1S/C40H53FN4O7/c1-6-50-21-10-22-51-38(48)34-24-29-23-30(17-18-33(29)44(34)5)42-36(46)35-31(26-11-8-7-9-12-26)19-20-45(35)37(47)28-15-13-27(14-16-28)32(25-41)43-39(49)52-40(2,3)4/h7-9,11-12,17-18,23-24,27-28,31-32,35H,6,10,13-16,19-22,25H2,1-5H3,(H,42,46)(H,43,49)/t27-,28-,31-,32+,35-/m0/s1. The first-order valence-corrected chi connectivity index (χ1v) is 18.5. The van der Waals surface area contributed by atoms with Gasteiger partial charge in [-0.15, -0.1) is 0 Å². The van der Waals surface area contributed by atoms with Crippen molar-refractivity contribution in [1.82, 2.24) is 14.8 Å². The predicted octanol–water partition coefficient (Wildman–Crippen LogP) is 6.75. The van der Waals surface area contributed by atoms with E-state index in [0.717, 1.165) is 16.5 Å². The Morgan fingerprint density at radius 3 is 2.37 bits per heavy atom. The Balaban J connectivity index is 1.27. The Bertz CT molecular complexity index is 1700. The number of alkyl carbamates (subject to hydrolysis) is 1. The summed E-state index contributed by atoms with van der Waals surface area (Å²) >= 11 is 0. The van der Waals surface area contributed by atoms with Gasteiger partial charge in [-0.1, -0.05) is 30.3 Å². The topological polar surface area (TPSA) is 128 Å². The summed E-state index contributed by atoms with van der Waals surface area (Å²) in [6.45, 7) is 8.30. The number of alkyl halides is 1. The van der Waals surface area contributed by atoms with E-state index in [2.05, 4.69) is 10.6 Å². The molecule has 2 aliphatic rings. The summed E-state index contributed by atoms with van der Waals surface area (Å²) in [7, 11) is 1.80. The van der Waals surface area contributed by atoms with Crippen LogP contribution in [0.5, 0.6) is 0 Å². The lowest BCUT2D eigenvalue weighted by molar-refractivity contribution is -0.141. The molecule has 1 aliphatic heterocycles. The highest BCUT2D eigenvalue weighted by molar-refractivity contribution is 6.01. The fourth-order valence-electron chi connectivity index (χ4n) is 7.54. The first-order valence-electron chi connectivity index (χ1n) is 18.5. The molecule has 12 heteroatoms. The largest absolute Gasteiger partial charge is 0.461 e. The zero-order valence-electron chi connectivity index (χ0n) is 31.0. The third kappa shape index (κ3) is 9.50. The Labute approximate surface area is 305 Å². The molecule has 0 unspecified atom stereocenters. The average Bonchev–Trinajstić information content (AvgIpc) is 3.71. The van der Waals surface area contributed by atoms with E-state index in [4.69, 9.17) is 14.2 Å². The highest BCUT2D eigenvalue weighted by Crippen LogP contribution is 2.39. The molecule has 1 aliphatic carbocycles. The summed E-state index contributed by atoms with van der Waals surface area (Å²) in [4.78, 5) is 55.3.